The van der Waals surface area contributed by atoms with Crippen molar-refractivity contribution in [1.29, 1.82) is 0 Å². The van der Waals surface area contributed by atoms with Crippen LogP contribution in [0.2, 0.25) is 0 Å². The zero-order chi connectivity index (χ0) is 60.0. The molecule has 12 aromatic carbocycles. The van der Waals surface area contributed by atoms with Crippen molar-refractivity contribution >= 4 is 46.6 Å². The lowest BCUT2D eigenvalue weighted by molar-refractivity contribution is 0.553. The molecule has 0 amide bonds. The van der Waals surface area contributed by atoms with Gasteiger partial charge in [-0.3, -0.25) is 0 Å². The Bertz CT molecular complexity index is 3870. The molecular weight excluding hydrogens is 1080 g/mol. The molecule has 8 unspecified atom stereocenters. The fraction of sp³-hybridized carbons (Fsp3) is 0.111. The summed E-state index contributed by atoms with van der Waals surface area (Å²) in [5.74, 6) is 2.12. The third-order valence-electron chi connectivity index (χ3n) is 19.9. The van der Waals surface area contributed by atoms with Gasteiger partial charge in [-0.05, 0) is 196 Å². The van der Waals surface area contributed by atoms with Crippen LogP contribution >= 0.6 is 0 Å². The van der Waals surface area contributed by atoms with Crippen molar-refractivity contribution in [3.63, 3.8) is 0 Å². The van der Waals surface area contributed by atoms with Gasteiger partial charge in [0.05, 0.1) is 0 Å². The highest BCUT2D eigenvalue weighted by Crippen LogP contribution is 2.62. The fourth-order valence-electron chi connectivity index (χ4n) is 15.7. The predicted molar refractivity (Wildman–Crippen MR) is 380 cm³/mol. The van der Waals surface area contributed by atoms with Crippen LogP contribution in [0.25, 0.3) is 46.6 Å². The molecular formula is C90H72. The lowest BCUT2D eigenvalue weighted by Crippen LogP contribution is -2.14. The molecule has 0 N–H and O–H groups in total. The minimum absolute atomic E-state index is 0.255. The van der Waals surface area contributed by atoms with Gasteiger partial charge in [0, 0.05) is 0 Å². The largest absolute Gasteiger partial charge is 0.0622 e. The van der Waals surface area contributed by atoms with Gasteiger partial charge in [-0.1, -0.05) is 340 Å². The van der Waals surface area contributed by atoms with E-state index in [1.165, 1.54) is 111 Å². The van der Waals surface area contributed by atoms with E-state index in [-0.39, 0.29) is 47.3 Å². The third-order valence-corrected chi connectivity index (χ3v) is 19.9. The average molecular weight is 1150 g/mol. The summed E-state index contributed by atoms with van der Waals surface area (Å²) in [4.78, 5) is 0. The van der Waals surface area contributed by atoms with E-state index in [1.807, 2.05) is 0 Å². The minimum atomic E-state index is 0.255. The van der Waals surface area contributed by atoms with Gasteiger partial charge in [-0.25, -0.2) is 0 Å². The standard InChI is InChI=1S/C90H72/c1-9-25-67(26-10-1)79-57-63-41-49-71(50-42-63)83-61-85(89(77-37-21-7-22-38-77)87(83)75-33-17-5-18-34-75)73-53-45-65(46-54-73)59-81(69-29-13-3-14-30-69)82(70-31-15-4-16-32-70)60-66-47-55-74(56-48-66)86-62-84(72-51-43-64(44-52-72)58-80(79)68-27-11-2-12-28-68)88(76-35-19-6-20-36-76)90(86)78-39-23-8-24-40-78/h1-60,83-90H,61-62H2/b79-57-,80-58-,81-59-,82-60-. The van der Waals surface area contributed by atoms with Gasteiger partial charge in [-0.2, -0.15) is 0 Å². The second-order valence-electron chi connectivity index (χ2n) is 25.0. The first-order chi connectivity index (χ1) is 44.6. The molecule has 21 rings (SSSR count). The lowest BCUT2D eigenvalue weighted by Gasteiger charge is -2.29. The average Bonchev–Trinajstić information content (AvgIpc) is 1.66. The Hall–Kier alpha value is -10.4. The van der Waals surface area contributed by atoms with Crippen LogP contribution in [0.4, 0.5) is 0 Å². The molecule has 0 saturated heterocycles. The predicted octanol–water partition coefficient (Wildman–Crippen LogP) is 23.2. The molecule has 0 nitrogen and oxygen atoms in total. The van der Waals surface area contributed by atoms with E-state index in [1.54, 1.807) is 0 Å². The van der Waals surface area contributed by atoms with Gasteiger partial charge in [0.2, 0.25) is 0 Å². The van der Waals surface area contributed by atoms with Crippen LogP contribution in [0.1, 0.15) is 149 Å². The second-order valence-corrected chi connectivity index (χ2v) is 25.0. The smallest absolute Gasteiger partial charge is 0.00182 e. The maximum Gasteiger partial charge on any atom is -0.00182 e. The van der Waals surface area contributed by atoms with Gasteiger partial charge in [0.15, 0.2) is 0 Å². The van der Waals surface area contributed by atoms with Crippen LogP contribution in [0.3, 0.4) is 0 Å². The second kappa shape index (κ2) is 25.7. The quantitative estimate of drug-likeness (QED) is 0.142. The third kappa shape index (κ3) is 11.7. The Kier molecular flexibility index (Phi) is 16.1. The Morgan fingerprint density at radius 3 is 0.500 bits per heavy atom. The molecule has 9 aliphatic carbocycles. The summed E-state index contributed by atoms with van der Waals surface area (Å²) in [6, 6.07) is 128. The lowest BCUT2D eigenvalue weighted by atomic mass is 9.75. The molecule has 432 valence electrons. The van der Waals surface area contributed by atoms with Crippen molar-refractivity contribution in [2.75, 3.05) is 0 Å². The van der Waals surface area contributed by atoms with E-state index in [4.69, 9.17) is 0 Å². The molecule has 90 heavy (non-hydrogen) atoms. The molecule has 9 aliphatic rings. The zero-order valence-corrected chi connectivity index (χ0v) is 50.7. The molecule has 12 aromatic rings. The molecule has 0 spiro atoms. The van der Waals surface area contributed by atoms with Crippen LogP contribution in [0, 0.1) is 0 Å². The maximum absolute atomic E-state index is 2.44. The van der Waals surface area contributed by atoms with E-state index < -0.39 is 0 Å². The van der Waals surface area contributed by atoms with Crippen LogP contribution in [0.15, 0.2) is 340 Å². The van der Waals surface area contributed by atoms with E-state index >= 15 is 0 Å². The Balaban J connectivity index is 0.929. The van der Waals surface area contributed by atoms with E-state index in [9.17, 15) is 0 Å². The van der Waals surface area contributed by atoms with Crippen molar-refractivity contribution in [3.05, 3.63) is 429 Å². The maximum atomic E-state index is 2.44. The topological polar surface area (TPSA) is 0 Å². The Morgan fingerprint density at radius 1 is 0.156 bits per heavy atom. The first-order valence-electron chi connectivity index (χ1n) is 32.3. The van der Waals surface area contributed by atoms with Crippen LogP contribution in [-0.2, 0) is 0 Å². The van der Waals surface area contributed by atoms with Gasteiger partial charge in [-0.15, -0.1) is 0 Å². The molecule has 8 atom stereocenters. The van der Waals surface area contributed by atoms with E-state index in [0.717, 1.165) is 12.8 Å². The fourth-order valence-corrected chi connectivity index (χ4v) is 15.7. The molecule has 0 heteroatoms. The highest BCUT2D eigenvalue weighted by molar-refractivity contribution is 6.17. The molecule has 0 aliphatic heterocycles. The van der Waals surface area contributed by atoms with Crippen molar-refractivity contribution in [2.24, 2.45) is 0 Å². The first kappa shape index (κ1) is 56.1. The summed E-state index contributed by atoms with van der Waals surface area (Å²) in [7, 11) is 0. The number of hydrogen-bond donors (Lipinski definition) is 0. The van der Waals surface area contributed by atoms with Gasteiger partial charge in [0.25, 0.3) is 0 Å². The highest BCUT2D eigenvalue weighted by atomic mass is 14.5. The first-order valence-corrected chi connectivity index (χ1v) is 32.3. The van der Waals surface area contributed by atoms with Gasteiger partial charge >= 0.3 is 0 Å². The summed E-state index contributed by atoms with van der Waals surface area (Å²) in [5, 5.41) is 0. The number of benzene rings is 12. The molecule has 0 radical (unpaired) electrons. The SMILES string of the molecule is C1=C(c2ccccc2)\C(c2ccccc2)=C/c2ccc(cc2)C2CC(c3ccc(cc3)/C=C(c3ccccc3)\C(c3ccccc3)=C/c3ccc(cc3)C3CC(c4ccc/1cc4)C(c1ccccc1)C3c1ccccc1)C(c1ccccc1)C2c1ccccc1. The molecule has 0 aromatic heterocycles. The van der Waals surface area contributed by atoms with Gasteiger partial charge < -0.3 is 0 Å². The van der Waals surface area contributed by atoms with Crippen LogP contribution in [-0.4, -0.2) is 0 Å². The van der Waals surface area contributed by atoms with Crippen LogP contribution < -0.4 is 0 Å². The zero-order valence-electron chi connectivity index (χ0n) is 50.7. The molecule has 2 fully saturated rings. The van der Waals surface area contributed by atoms with E-state index in [0.29, 0.717) is 0 Å². The molecule has 12 bridgehead atoms. The molecule has 2 saturated carbocycles. The summed E-state index contributed by atoms with van der Waals surface area (Å²) in [6.07, 6.45) is 11.7. The van der Waals surface area contributed by atoms with Crippen LogP contribution in [0.5, 0.6) is 0 Å². The van der Waals surface area contributed by atoms with Crippen molar-refractivity contribution < 1.29 is 0 Å². The Labute approximate surface area is 532 Å². The summed E-state index contributed by atoms with van der Waals surface area (Å²) in [5.41, 5.74) is 25.3. The van der Waals surface area contributed by atoms with Gasteiger partial charge in [0.1, 0.15) is 0 Å². The monoisotopic (exact) mass is 1150 g/mol. The Morgan fingerprint density at radius 2 is 0.322 bits per heavy atom. The van der Waals surface area contributed by atoms with E-state index in [2.05, 4.69) is 364 Å². The summed E-state index contributed by atoms with van der Waals surface area (Å²) in [6.45, 7) is 0. The number of rotatable bonds is 8. The number of hydrogen-bond acceptors (Lipinski definition) is 0. The number of allylic oxidation sites excluding steroid dienone is 4. The highest BCUT2D eigenvalue weighted by Gasteiger charge is 2.47. The normalized spacial score (nSPS) is 22.9. The summed E-state index contributed by atoms with van der Waals surface area (Å²) >= 11 is 0. The minimum Gasteiger partial charge on any atom is -0.0622 e. The summed E-state index contributed by atoms with van der Waals surface area (Å²) < 4.78 is 0. The molecule has 0 heterocycles. The van der Waals surface area contributed by atoms with Crippen molar-refractivity contribution in [3.8, 4) is 0 Å². The van der Waals surface area contributed by atoms with Crippen molar-refractivity contribution in [1.82, 2.24) is 0 Å². The van der Waals surface area contributed by atoms with Crippen molar-refractivity contribution in [2.45, 2.75) is 60.2 Å².